The van der Waals surface area contributed by atoms with Crippen LogP contribution in [-0.4, -0.2) is 45.2 Å². The maximum absolute atomic E-state index is 12.7. The van der Waals surface area contributed by atoms with Gasteiger partial charge in [-0.05, 0) is 50.0 Å². The van der Waals surface area contributed by atoms with E-state index in [1.165, 1.54) is 12.1 Å². The Hall–Kier alpha value is -3.18. The lowest BCUT2D eigenvalue weighted by molar-refractivity contribution is -0.137. The number of likely N-dealkylation sites (N-methyl/N-ethyl adjacent to an activating group) is 1. The number of nitrogens with one attached hydrogen (secondary N) is 2. The highest BCUT2D eigenvalue weighted by Crippen LogP contribution is 2.29. The average molecular weight is 419 g/mol. The van der Waals surface area contributed by atoms with Gasteiger partial charge in [-0.2, -0.15) is 13.2 Å². The summed E-state index contributed by atoms with van der Waals surface area (Å²) in [7, 11) is 5.42. The van der Waals surface area contributed by atoms with Gasteiger partial charge in [-0.25, -0.2) is 4.79 Å². The minimum atomic E-state index is -4.41. The third kappa shape index (κ3) is 7.01. The van der Waals surface area contributed by atoms with Crippen molar-refractivity contribution >= 4 is 6.03 Å². The fraction of sp³-hybridized carbons (Fsp3) is 0.318. The van der Waals surface area contributed by atoms with E-state index in [0.29, 0.717) is 6.54 Å². The summed E-state index contributed by atoms with van der Waals surface area (Å²) in [5, 5.41) is 5.36. The summed E-state index contributed by atoms with van der Waals surface area (Å²) in [6.07, 6.45) is -4.41. The first kappa shape index (κ1) is 23.1. The first-order valence-electron chi connectivity index (χ1n) is 9.19. The molecule has 0 bridgehead atoms. The number of urea groups is 1. The van der Waals surface area contributed by atoms with Crippen LogP contribution < -0.4 is 15.4 Å². The van der Waals surface area contributed by atoms with Gasteiger partial charge in [0.05, 0.1) is 25.3 Å². The standard InChI is InChI=1S/C22H24F3N3O2/c1-28(2)20(17-9-11-19(30-3)12-10-17)15-27-21(29)26-13-5-7-16-6-4-8-18(14-16)22(23,24)25/h4,6,8-12,14,20H,13,15H2,1-3H3,(H2,26,27,29). The van der Waals surface area contributed by atoms with E-state index in [4.69, 9.17) is 4.74 Å². The third-order valence-corrected chi connectivity index (χ3v) is 4.34. The van der Waals surface area contributed by atoms with Crippen molar-refractivity contribution in [3.05, 3.63) is 65.2 Å². The Balaban J connectivity index is 1.86. The molecule has 2 aromatic rings. The van der Waals surface area contributed by atoms with Crippen LogP contribution in [0.5, 0.6) is 5.75 Å². The quantitative estimate of drug-likeness (QED) is 0.703. The zero-order chi connectivity index (χ0) is 22.1. The summed E-state index contributed by atoms with van der Waals surface area (Å²) in [5.41, 5.74) is 0.498. The van der Waals surface area contributed by atoms with Gasteiger partial charge in [-0.15, -0.1) is 0 Å². The largest absolute Gasteiger partial charge is 0.497 e. The van der Waals surface area contributed by atoms with Gasteiger partial charge in [0.15, 0.2) is 0 Å². The molecule has 0 fully saturated rings. The van der Waals surface area contributed by atoms with Crippen molar-refractivity contribution < 1.29 is 22.7 Å². The van der Waals surface area contributed by atoms with Gasteiger partial charge in [0.2, 0.25) is 0 Å². The zero-order valence-corrected chi connectivity index (χ0v) is 17.0. The first-order chi connectivity index (χ1) is 14.2. The highest BCUT2D eigenvalue weighted by Gasteiger charge is 2.30. The summed E-state index contributed by atoms with van der Waals surface area (Å²) in [6.45, 7) is 0.378. The number of rotatable bonds is 6. The van der Waals surface area contributed by atoms with Crippen LogP contribution in [0, 0.1) is 11.8 Å². The molecule has 0 aliphatic heterocycles. The number of methoxy groups -OCH3 is 1. The van der Waals surface area contributed by atoms with Gasteiger partial charge in [-0.3, -0.25) is 0 Å². The number of alkyl halides is 3. The molecule has 160 valence electrons. The number of carbonyl (C=O) groups is 1. The summed E-state index contributed by atoms with van der Waals surface area (Å²) < 4.78 is 43.3. The molecule has 1 unspecified atom stereocenters. The van der Waals surface area contributed by atoms with Crippen LogP contribution in [0.15, 0.2) is 48.5 Å². The Morgan fingerprint density at radius 1 is 1.13 bits per heavy atom. The number of benzene rings is 2. The topological polar surface area (TPSA) is 53.6 Å². The molecule has 1 atom stereocenters. The van der Waals surface area contributed by atoms with E-state index in [1.807, 2.05) is 43.3 Å². The number of hydrogen-bond donors (Lipinski definition) is 2. The predicted octanol–water partition coefficient (Wildman–Crippen LogP) is 3.67. The molecule has 0 aliphatic rings. The van der Waals surface area contributed by atoms with E-state index in [1.54, 1.807) is 7.11 Å². The van der Waals surface area contributed by atoms with Crippen LogP contribution in [-0.2, 0) is 6.18 Å². The number of amides is 2. The molecule has 0 aliphatic carbocycles. The normalized spacial score (nSPS) is 12.0. The van der Waals surface area contributed by atoms with Crippen LogP contribution in [0.3, 0.4) is 0 Å². The molecule has 8 heteroatoms. The molecule has 0 radical (unpaired) electrons. The Bertz CT molecular complexity index is 900. The highest BCUT2D eigenvalue weighted by molar-refractivity contribution is 5.74. The Morgan fingerprint density at radius 3 is 2.43 bits per heavy atom. The molecule has 0 saturated heterocycles. The van der Waals surface area contributed by atoms with Crippen molar-refractivity contribution in [2.75, 3.05) is 34.3 Å². The van der Waals surface area contributed by atoms with Gasteiger partial charge in [-0.1, -0.05) is 30.0 Å². The number of nitrogens with zero attached hydrogens (tertiary/aromatic N) is 1. The van der Waals surface area contributed by atoms with Gasteiger partial charge in [0, 0.05) is 12.1 Å². The maximum atomic E-state index is 12.7. The van der Waals surface area contributed by atoms with Crippen LogP contribution in [0.4, 0.5) is 18.0 Å². The molecule has 2 rings (SSSR count). The molecular weight excluding hydrogens is 395 g/mol. The van der Waals surface area contributed by atoms with Crippen molar-refractivity contribution in [3.8, 4) is 17.6 Å². The van der Waals surface area contributed by atoms with Crippen molar-refractivity contribution in [1.82, 2.24) is 15.5 Å². The van der Waals surface area contributed by atoms with Crippen molar-refractivity contribution in [3.63, 3.8) is 0 Å². The lowest BCUT2D eigenvalue weighted by atomic mass is 10.1. The fourth-order valence-electron chi connectivity index (χ4n) is 2.72. The highest BCUT2D eigenvalue weighted by atomic mass is 19.4. The number of hydrogen-bond acceptors (Lipinski definition) is 3. The lowest BCUT2D eigenvalue weighted by Crippen LogP contribution is -2.40. The first-order valence-corrected chi connectivity index (χ1v) is 9.19. The second kappa shape index (κ2) is 10.6. The van der Waals surface area contributed by atoms with E-state index in [2.05, 4.69) is 22.5 Å². The Kier molecular flexibility index (Phi) is 8.13. The van der Waals surface area contributed by atoms with Crippen LogP contribution in [0.2, 0.25) is 0 Å². The van der Waals surface area contributed by atoms with Crippen molar-refractivity contribution in [2.45, 2.75) is 12.2 Å². The monoisotopic (exact) mass is 419 g/mol. The Morgan fingerprint density at radius 2 is 1.83 bits per heavy atom. The molecule has 0 saturated carbocycles. The van der Waals surface area contributed by atoms with Crippen molar-refractivity contribution in [1.29, 1.82) is 0 Å². The van der Waals surface area contributed by atoms with Gasteiger partial charge in [0.25, 0.3) is 0 Å². The molecule has 5 nitrogen and oxygen atoms in total. The summed E-state index contributed by atoms with van der Waals surface area (Å²) in [4.78, 5) is 14.0. The second-order valence-corrected chi connectivity index (χ2v) is 6.70. The summed E-state index contributed by atoms with van der Waals surface area (Å²) in [5.74, 6) is 6.02. The van der Waals surface area contributed by atoms with E-state index < -0.39 is 17.8 Å². The zero-order valence-electron chi connectivity index (χ0n) is 17.0. The lowest BCUT2D eigenvalue weighted by Gasteiger charge is -2.25. The second-order valence-electron chi connectivity index (χ2n) is 6.70. The third-order valence-electron chi connectivity index (χ3n) is 4.34. The summed E-state index contributed by atoms with van der Waals surface area (Å²) in [6, 6.07) is 11.9. The fourth-order valence-corrected chi connectivity index (χ4v) is 2.72. The van der Waals surface area contributed by atoms with E-state index in [0.717, 1.165) is 23.4 Å². The van der Waals surface area contributed by atoms with Crippen molar-refractivity contribution in [2.24, 2.45) is 0 Å². The minimum absolute atomic E-state index is 0.0112. The van der Waals surface area contributed by atoms with Gasteiger partial charge >= 0.3 is 12.2 Å². The molecule has 0 spiro atoms. The summed E-state index contributed by atoms with van der Waals surface area (Å²) >= 11 is 0. The van der Waals surface area contributed by atoms with E-state index in [9.17, 15) is 18.0 Å². The van der Waals surface area contributed by atoms with E-state index >= 15 is 0 Å². The molecule has 2 N–H and O–H groups in total. The molecule has 0 heterocycles. The molecule has 0 aromatic heterocycles. The Labute approximate surface area is 174 Å². The smallest absolute Gasteiger partial charge is 0.416 e. The van der Waals surface area contributed by atoms with Crippen LogP contribution in [0.1, 0.15) is 22.7 Å². The van der Waals surface area contributed by atoms with Crippen LogP contribution in [0.25, 0.3) is 0 Å². The SMILES string of the molecule is COc1ccc(C(CNC(=O)NCC#Cc2cccc(C(F)(F)F)c2)N(C)C)cc1. The average Bonchev–Trinajstić information content (AvgIpc) is 2.71. The van der Waals surface area contributed by atoms with E-state index in [-0.39, 0.29) is 18.2 Å². The molecular formula is C22H24F3N3O2. The minimum Gasteiger partial charge on any atom is -0.497 e. The van der Waals surface area contributed by atoms with Gasteiger partial charge in [0.1, 0.15) is 5.75 Å². The molecule has 2 amide bonds. The molecule has 2 aromatic carbocycles. The van der Waals surface area contributed by atoms with Crippen LogP contribution >= 0.6 is 0 Å². The number of halogens is 3. The number of ether oxygens (including phenoxy) is 1. The molecule has 30 heavy (non-hydrogen) atoms. The number of carbonyl (C=O) groups excluding carboxylic acids is 1. The maximum Gasteiger partial charge on any atom is 0.416 e. The predicted molar refractivity (Wildman–Crippen MR) is 109 cm³/mol. The van der Waals surface area contributed by atoms with Gasteiger partial charge < -0.3 is 20.3 Å².